The molecular formula is C15H21N3O5S2. The molecule has 0 unspecified atom stereocenters. The molecule has 0 fully saturated rings. The third-order valence-corrected chi connectivity index (χ3v) is 6.13. The van der Waals surface area contributed by atoms with Crippen LogP contribution in [0.1, 0.15) is 6.92 Å². The number of benzene rings is 1. The molecule has 1 atom stereocenters. The summed E-state index contributed by atoms with van der Waals surface area (Å²) in [6.07, 6.45) is 0. The molecule has 1 aromatic heterocycles. The summed E-state index contributed by atoms with van der Waals surface area (Å²) in [5.74, 6) is -0.153. The molecule has 8 nitrogen and oxygen atoms in total. The van der Waals surface area contributed by atoms with Crippen molar-refractivity contribution in [2.24, 2.45) is 0 Å². The predicted octanol–water partition coefficient (Wildman–Crippen LogP) is 1.32. The van der Waals surface area contributed by atoms with Gasteiger partial charge in [-0.3, -0.25) is 4.79 Å². The van der Waals surface area contributed by atoms with Gasteiger partial charge in [-0.2, -0.15) is 0 Å². The number of oxazole rings is 1. The highest BCUT2D eigenvalue weighted by molar-refractivity contribution is 8.00. The number of nitrogens with zero attached hydrogens (tertiary/aromatic N) is 2. The van der Waals surface area contributed by atoms with Crippen LogP contribution in [0.4, 0.5) is 0 Å². The first kappa shape index (κ1) is 19.7. The van der Waals surface area contributed by atoms with Gasteiger partial charge in [-0.05, 0) is 25.1 Å². The number of sulfonamides is 1. The lowest BCUT2D eigenvalue weighted by Crippen LogP contribution is -2.33. The number of rotatable bonds is 8. The molecule has 0 aliphatic heterocycles. The van der Waals surface area contributed by atoms with Gasteiger partial charge in [-0.25, -0.2) is 17.7 Å². The smallest absolute Gasteiger partial charge is 0.257 e. The number of methoxy groups -OCH3 is 1. The Labute approximate surface area is 151 Å². The van der Waals surface area contributed by atoms with Gasteiger partial charge in [0.2, 0.25) is 15.9 Å². The zero-order valence-corrected chi connectivity index (χ0v) is 16.1. The van der Waals surface area contributed by atoms with Gasteiger partial charge in [0.05, 0.1) is 16.8 Å². The molecule has 1 heterocycles. The third kappa shape index (κ3) is 4.72. The second kappa shape index (κ2) is 8.17. The van der Waals surface area contributed by atoms with E-state index in [4.69, 9.17) is 9.15 Å². The standard InChI is InChI=1S/C15H21N3O5S2/c1-10(14(19)16-7-8-22-4)24-15-17-12-9-11(5-6-13(12)23-15)25(20,21)18(2)3/h5-6,9-10H,7-8H2,1-4H3,(H,16,19)/t10-/m0/s1. The van der Waals surface area contributed by atoms with Crippen LogP contribution in [0.5, 0.6) is 0 Å². The highest BCUT2D eigenvalue weighted by atomic mass is 32.2. The molecule has 2 rings (SSSR count). The number of hydrogen-bond donors (Lipinski definition) is 1. The minimum atomic E-state index is -3.54. The molecule has 1 amide bonds. The van der Waals surface area contributed by atoms with Crippen LogP contribution in [-0.4, -0.2) is 63.2 Å². The molecule has 0 aliphatic rings. The molecule has 0 saturated heterocycles. The Morgan fingerprint density at radius 3 is 2.80 bits per heavy atom. The molecule has 25 heavy (non-hydrogen) atoms. The van der Waals surface area contributed by atoms with Gasteiger partial charge in [0.25, 0.3) is 5.22 Å². The quantitative estimate of drug-likeness (QED) is 0.538. The summed E-state index contributed by atoms with van der Waals surface area (Å²) < 4.78 is 35.9. The average Bonchev–Trinajstić information content (AvgIpc) is 2.95. The normalized spacial score (nSPS) is 13.3. The van der Waals surface area contributed by atoms with E-state index in [0.717, 1.165) is 16.1 Å². The Morgan fingerprint density at radius 2 is 2.16 bits per heavy atom. The first-order valence-corrected chi connectivity index (χ1v) is 9.84. The molecule has 10 heteroatoms. The predicted molar refractivity (Wildman–Crippen MR) is 95.1 cm³/mol. The van der Waals surface area contributed by atoms with E-state index in [0.29, 0.717) is 29.5 Å². The van der Waals surface area contributed by atoms with Crippen LogP contribution in [0, 0.1) is 0 Å². The molecule has 0 aliphatic carbocycles. The number of carbonyl (C=O) groups is 1. The molecule has 1 aromatic carbocycles. The molecule has 0 bridgehead atoms. The summed E-state index contributed by atoms with van der Waals surface area (Å²) in [4.78, 5) is 16.4. The molecule has 0 spiro atoms. The number of carbonyl (C=O) groups excluding carboxylic acids is 1. The highest BCUT2D eigenvalue weighted by Crippen LogP contribution is 2.28. The van der Waals surface area contributed by atoms with Crippen LogP contribution in [-0.2, 0) is 19.6 Å². The maximum Gasteiger partial charge on any atom is 0.257 e. The molecule has 0 radical (unpaired) electrons. The summed E-state index contributed by atoms with van der Waals surface area (Å²) in [6, 6.07) is 4.49. The minimum Gasteiger partial charge on any atom is -0.431 e. The lowest BCUT2D eigenvalue weighted by molar-refractivity contribution is -0.120. The Morgan fingerprint density at radius 1 is 1.44 bits per heavy atom. The van der Waals surface area contributed by atoms with Crippen molar-refractivity contribution in [1.82, 2.24) is 14.6 Å². The molecule has 0 saturated carbocycles. The highest BCUT2D eigenvalue weighted by Gasteiger charge is 2.21. The number of thioether (sulfide) groups is 1. The van der Waals surface area contributed by atoms with Gasteiger partial charge < -0.3 is 14.5 Å². The lowest BCUT2D eigenvalue weighted by atomic mass is 10.3. The summed E-state index contributed by atoms with van der Waals surface area (Å²) in [5, 5.41) is 2.64. The van der Waals surface area contributed by atoms with Gasteiger partial charge in [-0.1, -0.05) is 11.8 Å². The van der Waals surface area contributed by atoms with E-state index < -0.39 is 15.3 Å². The summed E-state index contributed by atoms with van der Waals surface area (Å²) in [6.45, 7) is 2.61. The van der Waals surface area contributed by atoms with Crippen molar-refractivity contribution in [2.75, 3.05) is 34.4 Å². The third-order valence-electron chi connectivity index (χ3n) is 3.37. The van der Waals surface area contributed by atoms with Crippen molar-refractivity contribution in [2.45, 2.75) is 22.3 Å². The summed E-state index contributed by atoms with van der Waals surface area (Å²) in [7, 11) is 0.955. The van der Waals surface area contributed by atoms with Crippen LogP contribution in [0.25, 0.3) is 11.1 Å². The Hall–Kier alpha value is -1.62. The Balaban J connectivity index is 2.15. The van der Waals surface area contributed by atoms with Gasteiger partial charge in [-0.15, -0.1) is 0 Å². The van der Waals surface area contributed by atoms with Crippen molar-refractivity contribution in [3.05, 3.63) is 18.2 Å². The van der Waals surface area contributed by atoms with Crippen LogP contribution >= 0.6 is 11.8 Å². The largest absolute Gasteiger partial charge is 0.431 e. The zero-order valence-electron chi connectivity index (χ0n) is 14.5. The maximum absolute atomic E-state index is 12.2. The number of hydrogen-bond acceptors (Lipinski definition) is 7. The molecular weight excluding hydrogens is 366 g/mol. The fourth-order valence-electron chi connectivity index (χ4n) is 1.93. The summed E-state index contributed by atoms with van der Waals surface area (Å²) >= 11 is 1.16. The van der Waals surface area contributed by atoms with Crippen molar-refractivity contribution < 1.29 is 22.4 Å². The number of aromatic nitrogens is 1. The van der Waals surface area contributed by atoms with Crippen molar-refractivity contribution in [3.8, 4) is 0 Å². The number of fused-ring (bicyclic) bond motifs is 1. The van der Waals surface area contributed by atoms with E-state index in [1.807, 2.05) is 0 Å². The van der Waals surface area contributed by atoms with E-state index in [9.17, 15) is 13.2 Å². The second-order valence-electron chi connectivity index (χ2n) is 5.44. The SMILES string of the molecule is COCCNC(=O)[C@H](C)Sc1nc2cc(S(=O)(=O)N(C)C)ccc2o1. The maximum atomic E-state index is 12.2. The van der Waals surface area contributed by atoms with E-state index in [1.54, 1.807) is 20.1 Å². The van der Waals surface area contributed by atoms with Crippen LogP contribution < -0.4 is 5.32 Å². The topological polar surface area (TPSA) is 102 Å². The number of nitrogens with one attached hydrogen (secondary N) is 1. The number of amides is 1. The van der Waals surface area contributed by atoms with Crippen LogP contribution in [0.15, 0.2) is 32.7 Å². The van der Waals surface area contributed by atoms with Gasteiger partial charge in [0.15, 0.2) is 5.58 Å². The van der Waals surface area contributed by atoms with Crippen molar-refractivity contribution in [1.29, 1.82) is 0 Å². The van der Waals surface area contributed by atoms with Crippen LogP contribution in [0.2, 0.25) is 0 Å². The van der Waals surface area contributed by atoms with Crippen molar-refractivity contribution in [3.63, 3.8) is 0 Å². The second-order valence-corrected chi connectivity index (χ2v) is 8.88. The van der Waals surface area contributed by atoms with Gasteiger partial charge in [0.1, 0.15) is 5.52 Å². The van der Waals surface area contributed by atoms with E-state index in [1.165, 1.54) is 26.2 Å². The van der Waals surface area contributed by atoms with E-state index in [2.05, 4.69) is 10.3 Å². The molecule has 2 aromatic rings. The van der Waals surface area contributed by atoms with Crippen molar-refractivity contribution >= 4 is 38.8 Å². The van der Waals surface area contributed by atoms with Gasteiger partial charge >= 0.3 is 0 Å². The van der Waals surface area contributed by atoms with E-state index >= 15 is 0 Å². The lowest BCUT2D eigenvalue weighted by Gasteiger charge is -2.10. The monoisotopic (exact) mass is 387 g/mol. The fraction of sp³-hybridized carbons (Fsp3) is 0.467. The minimum absolute atomic E-state index is 0.139. The van der Waals surface area contributed by atoms with E-state index in [-0.39, 0.29) is 10.8 Å². The number of ether oxygens (including phenoxy) is 1. The van der Waals surface area contributed by atoms with Gasteiger partial charge in [0, 0.05) is 27.7 Å². The molecule has 138 valence electrons. The first-order valence-electron chi connectivity index (χ1n) is 7.52. The first-order chi connectivity index (χ1) is 11.8. The Kier molecular flexibility index (Phi) is 6.44. The average molecular weight is 387 g/mol. The fourth-order valence-corrected chi connectivity index (χ4v) is 3.64. The molecule has 1 N–H and O–H groups in total. The summed E-state index contributed by atoms with van der Waals surface area (Å²) in [5.41, 5.74) is 0.893. The van der Waals surface area contributed by atoms with Crippen LogP contribution in [0.3, 0.4) is 0 Å². The Bertz CT molecular complexity index is 848. The zero-order chi connectivity index (χ0) is 18.6.